The molecular formula is C22H34IN7O2. The van der Waals surface area contributed by atoms with E-state index in [-0.39, 0.29) is 36.6 Å². The number of carbonyl (C=O) groups is 1. The summed E-state index contributed by atoms with van der Waals surface area (Å²) in [4.78, 5) is 18.8. The Labute approximate surface area is 206 Å². The van der Waals surface area contributed by atoms with Crippen LogP contribution in [0.3, 0.4) is 0 Å². The van der Waals surface area contributed by atoms with Crippen LogP contribution in [0.1, 0.15) is 37.8 Å². The van der Waals surface area contributed by atoms with Crippen molar-refractivity contribution in [1.29, 1.82) is 0 Å². The van der Waals surface area contributed by atoms with Crippen LogP contribution >= 0.6 is 24.0 Å². The molecule has 176 valence electrons. The Morgan fingerprint density at radius 2 is 2.03 bits per heavy atom. The van der Waals surface area contributed by atoms with Crippen LogP contribution in [-0.4, -0.2) is 58.0 Å². The molecule has 2 aromatic rings. The van der Waals surface area contributed by atoms with E-state index in [1.165, 1.54) is 0 Å². The predicted molar refractivity (Wildman–Crippen MR) is 137 cm³/mol. The van der Waals surface area contributed by atoms with Crippen LogP contribution in [0.2, 0.25) is 0 Å². The number of carbonyl (C=O) groups excluding carboxylic acids is 1. The summed E-state index contributed by atoms with van der Waals surface area (Å²) in [6.45, 7) is 6.80. The van der Waals surface area contributed by atoms with E-state index in [0.717, 1.165) is 42.7 Å². The molecule has 1 fully saturated rings. The summed E-state index contributed by atoms with van der Waals surface area (Å²) in [5, 5.41) is 24.3. The molecule has 0 radical (unpaired) electrons. The second-order valence-corrected chi connectivity index (χ2v) is 8.05. The van der Waals surface area contributed by atoms with Gasteiger partial charge in [0, 0.05) is 44.1 Å². The Hall–Kier alpha value is -2.34. The van der Waals surface area contributed by atoms with Crippen molar-refractivity contribution in [3.05, 3.63) is 47.8 Å². The zero-order chi connectivity index (χ0) is 22.3. The molecule has 2 amide bonds. The van der Waals surface area contributed by atoms with Crippen molar-refractivity contribution < 1.29 is 9.90 Å². The van der Waals surface area contributed by atoms with E-state index in [9.17, 15) is 9.90 Å². The molecule has 1 aromatic heterocycles. The van der Waals surface area contributed by atoms with Crippen LogP contribution in [0.5, 0.6) is 0 Å². The lowest BCUT2D eigenvalue weighted by atomic mass is 10.00. The topological polar surface area (TPSA) is 107 Å². The molecule has 3 rings (SSSR count). The van der Waals surface area contributed by atoms with E-state index in [1.54, 1.807) is 24.0 Å². The van der Waals surface area contributed by atoms with Gasteiger partial charge in [-0.15, -0.1) is 24.0 Å². The predicted octanol–water partition coefficient (Wildman–Crippen LogP) is 2.63. The van der Waals surface area contributed by atoms with Crippen molar-refractivity contribution in [1.82, 2.24) is 25.3 Å². The maximum absolute atomic E-state index is 12.3. The van der Waals surface area contributed by atoms with Crippen LogP contribution in [0.25, 0.3) is 0 Å². The Morgan fingerprint density at radius 1 is 1.28 bits per heavy atom. The summed E-state index contributed by atoms with van der Waals surface area (Å²) in [5.74, 6) is 0.609. The number of benzene rings is 1. The number of rotatable bonds is 7. The van der Waals surface area contributed by atoms with Gasteiger partial charge in [-0.2, -0.15) is 5.10 Å². The van der Waals surface area contributed by atoms with Gasteiger partial charge in [0.05, 0.1) is 19.3 Å². The third kappa shape index (κ3) is 7.37. The molecule has 1 aliphatic heterocycles. The molecule has 0 aliphatic carbocycles. The first kappa shape index (κ1) is 25.9. The smallest absolute Gasteiger partial charge is 0.321 e. The van der Waals surface area contributed by atoms with Gasteiger partial charge >= 0.3 is 6.03 Å². The third-order valence-corrected chi connectivity index (χ3v) is 5.26. The second kappa shape index (κ2) is 12.0. The van der Waals surface area contributed by atoms with E-state index >= 15 is 0 Å². The van der Waals surface area contributed by atoms with Crippen LogP contribution in [0.4, 0.5) is 10.5 Å². The van der Waals surface area contributed by atoms with Crippen LogP contribution < -0.4 is 16.0 Å². The van der Waals surface area contributed by atoms with Crippen LogP contribution in [0.15, 0.2) is 41.7 Å². The number of likely N-dealkylation sites (tertiary alicyclic amines) is 1. The number of halogens is 1. The van der Waals surface area contributed by atoms with Crippen molar-refractivity contribution in [2.45, 2.75) is 38.8 Å². The number of nitrogens with zero attached hydrogens (tertiary/aromatic N) is 4. The Morgan fingerprint density at radius 3 is 2.69 bits per heavy atom. The number of urea groups is 1. The molecular weight excluding hydrogens is 521 g/mol. The first-order valence-corrected chi connectivity index (χ1v) is 10.8. The number of anilines is 1. The molecule has 0 spiro atoms. The number of guanidine groups is 1. The van der Waals surface area contributed by atoms with Crippen molar-refractivity contribution in [3.8, 4) is 0 Å². The van der Waals surface area contributed by atoms with Gasteiger partial charge in [-0.25, -0.2) is 9.79 Å². The molecule has 1 saturated heterocycles. The van der Waals surface area contributed by atoms with Gasteiger partial charge in [-0.3, -0.25) is 4.68 Å². The lowest BCUT2D eigenvalue weighted by molar-refractivity contribution is 0.0616. The fourth-order valence-corrected chi connectivity index (χ4v) is 3.44. The monoisotopic (exact) mass is 555 g/mol. The molecule has 0 bridgehead atoms. The molecule has 1 atom stereocenters. The average molecular weight is 555 g/mol. The lowest BCUT2D eigenvalue weighted by Gasteiger charge is -2.23. The highest BCUT2D eigenvalue weighted by Gasteiger charge is 2.25. The normalized spacial score (nSPS) is 15.6. The summed E-state index contributed by atoms with van der Waals surface area (Å²) in [5.41, 5.74) is 1.40. The van der Waals surface area contributed by atoms with Gasteiger partial charge in [-0.1, -0.05) is 12.1 Å². The summed E-state index contributed by atoms with van der Waals surface area (Å²) < 4.78 is 1.67. The number of aliphatic imine (C=N–C) groups is 1. The largest absolute Gasteiger partial charge is 0.383 e. The molecule has 32 heavy (non-hydrogen) atoms. The van der Waals surface area contributed by atoms with Gasteiger partial charge in [-0.05, 0) is 44.4 Å². The SMILES string of the molecule is CCNC(=NCc1cccc(NC(=O)N2CCCC2)c1)NCC(C)(O)c1cnn(C)c1.I. The van der Waals surface area contributed by atoms with Crippen LogP contribution in [-0.2, 0) is 19.2 Å². The average Bonchev–Trinajstić information content (AvgIpc) is 3.43. The van der Waals surface area contributed by atoms with Gasteiger partial charge in [0.1, 0.15) is 5.60 Å². The van der Waals surface area contributed by atoms with E-state index < -0.39 is 5.60 Å². The van der Waals surface area contributed by atoms with Crippen LogP contribution in [0, 0.1) is 0 Å². The highest BCUT2D eigenvalue weighted by Crippen LogP contribution is 2.18. The number of nitrogens with one attached hydrogen (secondary N) is 3. The lowest BCUT2D eigenvalue weighted by Crippen LogP contribution is -2.44. The zero-order valence-electron chi connectivity index (χ0n) is 19.0. The highest BCUT2D eigenvalue weighted by molar-refractivity contribution is 14.0. The molecule has 2 heterocycles. The van der Waals surface area contributed by atoms with E-state index in [0.29, 0.717) is 19.0 Å². The number of aromatic nitrogens is 2. The third-order valence-electron chi connectivity index (χ3n) is 5.26. The number of hydrogen-bond donors (Lipinski definition) is 4. The van der Waals surface area contributed by atoms with Gasteiger partial charge in [0.25, 0.3) is 0 Å². The maximum atomic E-state index is 12.3. The first-order valence-electron chi connectivity index (χ1n) is 10.8. The Bertz CT molecular complexity index is 907. The van der Waals surface area contributed by atoms with E-state index in [4.69, 9.17) is 0 Å². The minimum Gasteiger partial charge on any atom is -0.383 e. The molecule has 4 N–H and O–H groups in total. The summed E-state index contributed by atoms with van der Waals surface area (Å²) >= 11 is 0. The van der Waals surface area contributed by atoms with Gasteiger partial charge in [0.15, 0.2) is 5.96 Å². The quantitative estimate of drug-likeness (QED) is 0.239. The maximum Gasteiger partial charge on any atom is 0.321 e. The van der Waals surface area contributed by atoms with Crippen molar-refractivity contribution in [2.24, 2.45) is 12.0 Å². The number of aliphatic hydroxyl groups is 1. The van der Waals surface area contributed by atoms with Crippen molar-refractivity contribution in [2.75, 3.05) is 31.5 Å². The molecule has 1 unspecified atom stereocenters. The molecule has 9 nitrogen and oxygen atoms in total. The second-order valence-electron chi connectivity index (χ2n) is 8.05. The molecule has 0 saturated carbocycles. The van der Waals surface area contributed by atoms with Crippen molar-refractivity contribution in [3.63, 3.8) is 0 Å². The first-order chi connectivity index (χ1) is 14.9. The number of aryl methyl sites for hydroxylation is 1. The fraction of sp³-hybridized carbons (Fsp3) is 0.500. The highest BCUT2D eigenvalue weighted by atomic mass is 127. The summed E-state index contributed by atoms with van der Waals surface area (Å²) in [6.07, 6.45) is 5.59. The molecule has 1 aromatic carbocycles. The summed E-state index contributed by atoms with van der Waals surface area (Å²) in [6, 6.07) is 7.66. The fourth-order valence-electron chi connectivity index (χ4n) is 3.44. The van der Waals surface area contributed by atoms with Crippen molar-refractivity contribution >= 4 is 41.7 Å². The standard InChI is InChI=1S/C22H33N7O2.HI/c1-4-23-20(25-16-22(2,31)18-14-26-28(3)15-18)24-13-17-8-7-9-19(12-17)27-21(30)29-10-5-6-11-29;/h7-9,12,14-15,31H,4-6,10-11,13,16H2,1-3H3,(H,27,30)(H2,23,24,25);1H. The minimum atomic E-state index is -1.08. The van der Waals surface area contributed by atoms with E-state index in [2.05, 4.69) is 26.0 Å². The van der Waals surface area contributed by atoms with E-state index in [1.807, 2.05) is 43.1 Å². The Balaban J connectivity index is 0.00000363. The number of amides is 2. The minimum absolute atomic E-state index is 0. The molecule has 10 heteroatoms. The summed E-state index contributed by atoms with van der Waals surface area (Å²) in [7, 11) is 1.82. The molecule has 1 aliphatic rings. The van der Waals surface area contributed by atoms with Gasteiger partial charge in [0.2, 0.25) is 0 Å². The zero-order valence-corrected chi connectivity index (χ0v) is 21.3. The van der Waals surface area contributed by atoms with Gasteiger partial charge < -0.3 is 26.0 Å². The Kier molecular flexibility index (Phi) is 9.76. The number of hydrogen-bond acceptors (Lipinski definition) is 4.